The van der Waals surface area contributed by atoms with E-state index in [0.29, 0.717) is 12.0 Å². The van der Waals surface area contributed by atoms with Crippen molar-refractivity contribution >= 4 is 5.71 Å². The molecule has 0 fully saturated rings. The minimum absolute atomic E-state index is 0.314. The van der Waals surface area contributed by atoms with Gasteiger partial charge in [0.05, 0.1) is 12.1 Å². The van der Waals surface area contributed by atoms with Gasteiger partial charge in [0.1, 0.15) is 0 Å². The number of fused-ring (bicyclic) bond motifs is 7. The van der Waals surface area contributed by atoms with Gasteiger partial charge in [-0.05, 0) is 42.2 Å². The van der Waals surface area contributed by atoms with Crippen molar-refractivity contribution in [3.8, 4) is 11.3 Å². The highest BCUT2D eigenvalue weighted by atomic mass is 15.0. The van der Waals surface area contributed by atoms with E-state index in [9.17, 15) is 0 Å². The van der Waals surface area contributed by atoms with Crippen LogP contribution in [-0.4, -0.2) is 5.71 Å². The molecular weight excluding hydrogens is 352 g/mol. The molecule has 1 aromatic heterocycles. The normalized spacial score (nSPS) is 20.4. The van der Waals surface area contributed by atoms with Crippen LogP contribution in [-0.2, 0) is 6.42 Å². The molecule has 29 heavy (non-hydrogen) atoms. The molecule has 3 aromatic rings. The molecule has 0 radical (unpaired) electrons. The Morgan fingerprint density at radius 2 is 1.69 bits per heavy atom. The van der Waals surface area contributed by atoms with Crippen LogP contribution in [0.3, 0.4) is 0 Å². The fourth-order valence-electron chi connectivity index (χ4n) is 4.99. The fraction of sp³-hybridized carbons (Fsp3) is 0.185. The van der Waals surface area contributed by atoms with E-state index < -0.39 is 0 Å². The predicted octanol–water partition coefficient (Wildman–Crippen LogP) is 5.80. The second kappa shape index (κ2) is 7.29. The van der Waals surface area contributed by atoms with Crippen LogP contribution in [0.2, 0.25) is 0 Å². The maximum Gasteiger partial charge on any atom is 0.213 e. The molecule has 2 aromatic carbocycles. The van der Waals surface area contributed by atoms with E-state index in [2.05, 4.69) is 90.7 Å². The first-order valence-corrected chi connectivity index (χ1v) is 10.3. The summed E-state index contributed by atoms with van der Waals surface area (Å²) in [6, 6.07) is 24.3. The van der Waals surface area contributed by atoms with Crippen molar-refractivity contribution in [3.63, 3.8) is 0 Å². The van der Waals surface area contributed by atoms with Crippen LogP contribution in [0.25, 0.3) is 11.3 Å². The molecule has 142 valence electrons. The molecule has 0 bridgehead atoms. The highest BCUT2D eigenvalue weighted by Gasteiger charge is 2.40. The lowest BCUT2D eigenvalue weighted by atomic mass is 9.77. The standard InChI is InChI=1S/C27H25N2/c1-3-25-21-11-5-4-10-20(21)15-16-24-22-12-6-7-13-23(22)26-14-8-9-17-29(26)27(24)18-19(2)28-25/h3-14,17,24,27H,1-2,15-16,18H2/q+1. The maximum absolute atomic E-state index is 4.91. The van der Waals surface area contributed by atoms with E-state index >= 15 is 0 Å². The Balaban J connectivity index is 1.68. The number of pyridine rings is 1. The smallest absolute Gasteiger partial charge is 0.213 e. The van der Waals surface area contributed by atoms with E-state index in [0.717, 1.165) is 30.7 Å². The number of allylic oxidation sites excluding steroid dienone is 2. The first-order chi connectivity index (χ1) is 14.3. The van der Waals surface area contributed by atoms with Crippen LogP contribution < -0.4 is 4.57 Å². The Bertz CT molecular complexity index is 1140. The van der Waals surface area contributed by atoms with Crippen molar-refractivity contribution in [1.29, 1.82) is 0 Å². The minimum Gasteiger partial charge on any atom is -0.253 e. The first kappa shape index (κ1) is 17.8. The number of aromatic nitrogens is 1. The Morgan fingerprint density at radius 3 is 2.55 bits per heavy atom. The van der Waals surface area contributed by atoms with Crippen LogP contribution >= 0.6 is 0 Å². The molecule has 0 saturated heterocycles. The summed E-state index contributed by atoms with van der Waals surface area (Å²) in [5.41, 5.74) is 8.43. The zero-order valence-electron chi connectivity index (χ0n) is 16.6. The average Bonchev–Trinajstić information content (AvgIpc) is 2.77. The Morgan fingerprint density at radius 1 is 0.931 bits per heavy atom. The van der Waals surface area contributed by atoms with Gasteiger partial charge in [-0.25, -0.2) is 0 Å². The SMILES string of the molecule is C=CC1=NC(=C)CC2C(CCc3ccccc31)c1ccccc1-c1cccc[n+]12. The number of hydrogen-bond donors (Lipinski definition) is 0. The molecule has 5 rings (SSSR count). The largest absolute Gasteiger partial charge is 0.253 e. The molecule has 2 aliphatic heterocycles. The van der Waals surface area contributed by atoms with Crippen molar-refractivity contribution in [1.82, 2.24) is 0 Å². The number of rotatable bonds is 1. The first-order valence-electron chi connectivity index (χ1n) is 10.3. The summed E-state index contributed by atoms with van der Waals surface area (Å²) >= 11 is 0. The molecule has 0 N–H and O–H groups in total. The zero-order valence-corrected chi connectivity index (χ0v) is 16.6. The third-order valence-corrected chi connectivity index (χ3v) is 6.28. The summed E-state index contributed by atoms with van der Waals surface area (Å²) < 4.78 is 2.44. The van der Waals surface area contributed by atoms with Crippen molar-refractivity contribution < 1.29 is 4.57 Å². The molecule has 2 atom stereocenters. The van der Waals surface area contributed by atoms with Gasteiger partial charge in [-0.15, -0.1) is 0 Å². The second-order valence-electron chi connectivity index (χ2n) is 7.92. The molecule has 0 spiro atoms. The molecule has 2 heteroatoms. The third kappa shape index (κ3) is 3.05. The Hall–Kier alpha value is -3.26. The van der Waals surface area contributed by atoms with E-state index in [4.69, 9.17) is 4.99 Å². The molecule has 2 nitrogen and oxygen atoms in total. The molecule has 3 heterocycles. The summed E-state index contributed by atoms with van der Waals surface area (Å²) in [5.74, 6) is 0.427. The van der Waals surface area contributed by atoms with Crippen molar-refractivity contribution in [2.45, 2.75) is 31.2 Å². The molecular formula is C27H25N2+. The van der Waals surface area contributed by atoms with Gasteiger partial charge in [-0.2, -0.15) is 4.57 Å². The van der Waals surface area contributed by atoms with Crippen LogP contribution in [0.5, 0.6) is 0 Å². The number of benzene rings is 2. The van der Waals surface area contributed by atoms with Crippen LogP contribution in [0.15, 0.2) is 103 Å². The van der Waals surface area contributed by atoms with Crippen molar-refractivity contribution in [3.05, 3.63) is 115 Å². The van der Waals surface area contributed by atoms with Crippen LogP contribution in [0.4, 0.5) is 0 Å². The van der Waals surface area contributed by atoms with Crippen LogP contribution in [0.1, 0.15) is 41.5 Å². The van der Waals surface area contributed by atoms with Gasteiger partial charge in [-0.1, -0.05) is 55.6 Å². The highest BCUT2D eigenvalue weighted by Crippen LogP contribution is 2.43. The monoisotopic (exact) mass is 377 g/mol. The Kier molecular flexibility index (Phi) is 4.48. The fourth-order valence-corrected chi connectivity index (χ4v) is 4.99. The zero-order chi connectivity index (χ0) is 19.8. The number of nitrogens with zero attached hydrogens (tertiary/aromatic N) is 2. The molecule has 2 unspecified atom stereocenters. The van der Waals surface area contributed by atoms with Crippen LogP contribution in [0, 0.1) is 0 Å². The topological polar surface area (TPSA) is 16.2 Å². The number of aryl methyl sites for hydroxylation is 1. The number of hydrogen-bond acceptors (Lipinski definition) is 1. The van der Waals surface area contributed by atoms with Crippen molar-refractivity contribution in [2.75, 3.05) is 0 Å². The molecule has 0 saturated carbocycles. The van der Waals surface area contributed by atoms with E-state index in [1.165, 1.54) is 27.9 Å². The van der Waals surface area contributed by atoms with E-state index in [-0.39, 0.29) is 0 Å². The minimum atomic E-state index is 0.314. The molecule has 2 aliphatic rings. The predicted molar refractivity (Wildman–Crippen MR) is 119 cm³/mol. The highest BCUT2D eigenvalue weighted by molar-refractivity contribution is 6.09. The van der Waals surface area contributed by atoms with E-state index in [1.54, 1.807) is 0 Å². The summed E-state index contributed by atoms with van der Waals surface area (Å²) in [6.45, 7) is 8.34. The van der Waals surface area contributed by atoms with Gasteiger partial charge in [0.15, 0.2) is 12.2 Å². The summed E-state index contributed by atoms with van der Waals surface area (Å²) in [6.07, 6.45) is 7.03. The quantitative estimate of drug-likeness (QED) is 0.476. The maximum atomic E-state index is 4.91. The van der Waals surface area contributed by atoms with Gasteiger partial charge >= 0.3 is 0 Å². The van der Waals surface area contributed by atoms with Gasteiger partial charge in [0.25, 0.3) is 0 Å². The van der Waals surface area contributed by atoms with E-state index in [1.807, 2.05) is 6.08 Å². The summed E-state index contributed by atoms with van der Waals surface area (Å²) in [4.78, 5) is 4.91. The lowest BCUT2D eigenvalue weighted by Gasteiger charge is -2.31. The van der Waals surface area contributed by atoms with Gasteiger partial charge in [0.2, 0.25) is 5.69 Å². The molecule has 0 amide bonds. The average molecular weight is 378 g/mol. The van der Waals surface area contributed by atoms with Gasteiger partial charge in [0, 0.05) is 34.9 Å². The summed E-state index contributed by atoms with van der Waals surface area (Å²) in [7, 11) is 0. The second-order valence-corrected chi connectivity index (χ2v) is 7.92. The van der Waals surface area contributed by atoms with Gasteiger partial charge < -0.3 is 0 Å². The third-order valence-electron chi connectivity index (χ3n) is 6.28. The van der Waals surface area contributed by atoms with Crippen molar-refractivity contribution in [2.24, 2.45) is 4.99 Å². The van der Waals surface area contributed by atoms with Gasteiger partial charge in [-0.3, -0.25) is 4.99 Å². The lowest BCUT2D eigenvalue weighted by molar-refractivity contribution is -0.718. The number of aliphatic imine (C=N–C) groups is 1. The lowest BCUT2D eigenvalue weighted by Crippen LogP contribution is -2.47. The summed E-state index contributed by atoms with van der Waals surface area (Å²) in [5, 5.41) is 0. The Labute approximate surface area is 172 Å². The molecule has 0 aliphatic carbocycles.